The van der Waals surface area contributed by atoms with E-state index in [9.17, 15) is 4.79 Å². The summed E-state index contributed by atoms with van der Waals surface area (Å²) >= 11 is 0. The fourth-order valence-electron chi connectivity index (χ4n) is 7.55. The van der Waals surface area contributed by atoms with Crippen LogP contribution in [-0.4, -0.2) is 29.9 Å². The third kappa shape index (κ3) is 2.78. The van der Waals surface area contributed by atoms with Crippen molar-refractivity contribution < 1.29 is 4.79 Å². The molecule has 7 rings (SSSR count). The van der Waals surface area contributed by atoms with Crippen molar-refractivity contribution in [3.8, 4) is 0 Å². The van der Waals surface area contributed by atoms with E-state index < -0.39 is 0 Å². The average molecular weight is 401 g/mol. The lowest BCUT2D eigenvalue weighted by Gasteiger charge is -2.35. The summed E-state index contributed by atoms with van der Waals surface area (Å²) in [6.45, 7) is 3.18. The highest BCUT2D eigenvalue weighted by molar-refractivity contribution is 5.85. The van der Waals surface area contributed by atoms with E-state index in [1.54, 1.807) is 0 Å². The fraction of sp³-hybridized carbons (Fsp3) is 0.519. The van der Waals surface area contributed by atoms with Gasteiger partial charge >= 0.3 is 0 Å². The Kier molecular flexibility index (Phi) is 4.31. The normalized spacial score (nSPS) is 35.2. The first-order valence-electron chi connectivity index (χ1n) is 11.8. The van der Waals surface area contributed by atoms with Gasteiger partial charge in [0.2, 0.25) is 5.91 Å². The van der Waals surface area contributed by atoms with Crippen LogP contribution in [0.5, 0.6) is 0 Å². The molecular weight excluding hydrogens is 368 g/mol. The molecule has 4 atom stereocenters. The summed E-state index contributed by atoms with van der Waals surface area (Å²) in [4.78, 5) is 16.1. The second-order valence-electron chi connectivity index (χ2n) is 10.4. The lowest BCUT2D eigenvalue weighted by Crippen LogP contribution is -2.49. The SMILES string of the molecule is O=C(NC1CCN(Cc2ccccc2)CC1)C12CC3CC1CC3(c1ccccc1)C2. The largest absolute Gasteiger partial charge is 0.353 e. The summed E-state index contributed by atoms with van der Waals surface area (Å²) in [6, 6.07) is 22.1. The van der Waals surface area contributed by atoms with E-state index in [1.807, 2.05) is 0 Å². The number of likely N-dealkylation sites (tertiary alicyclic amines) is 1. The van der Waals surface area contributed by atoms with Crippen molar-refractivity contribution >= 4 is 5.91 Å². The first kappa shape index (κ1) is 18.6. The zero-order chi connectivity index (χ0) is 20.2. The van der Waals surface area contributed by atoms with Gasteiger partial charge in [-0.2, -0.15) is 0 Å². The quantitative estimate of drug-likeness (QED) is 0.800. The van der Waals surface area contributed by atoms with Crippen LogP contribution in [0.25, 0.3) is 0 Å². The topological polar surface area (TPSA) is 32.3 Å². The van der Waals surface area contributed by atoms with E-state index in [0.29, 0.717) is 23.8 Å². The summed E-state index contributed by atoms with van der Waals surface area (Å²) in [5, 5.41) is 3.52. The molecule has 5 aliphatic rings. The third-order valence-corrected chi connectivity index (χ3v) is 8.96. The highest BCUT2D eigenvalue weighted by atomic mass is 16.2. The van der Waals surface area contributed by atoms with Gasteiger partial charge in [-0.1, -0.05) is 60.7 Å². The minimum atomic E-state index is -0.0817. The van der Waals surface area contributed by atoms with Crippen LogP contribution < -0.4 is 5.32 Å². The predicted octanol–water partition coefficient (Wildman–Crippen LogP) is 4.53. The third-order valence-electron chi connectivity index (χ3n) is 8.96. The van der Waals surface area contributed by atoms with Gasteiger partial charge in [0.1, 0.15) is 0 Å². The number of piperidine rings is 1. The molecule has 1 N–H and O–H groups in total. The Hall–Kier alpha value is -2.13. The van der Waals surface area contributed by atoms with Gasteiger partial charge in [0.05, 0.1) is 5.41 Å². The maximum absolute atomic E-state index is 13.6. The molecule has 3 nitrogen and oxygen atoms in total. The fourth-order valence-corrected chi connectivity index (χ4v) is 7.55. The lowest BCUT2D eigenvalue weighted by molar-refractivity contribution is -0.133. The van der Waals surface area contributed by atoms with Gasteiger partial charge in [0, 0.05) is 25.7 Å². The molecule has 4 aliphatic carbocycles. The maximum atomic E-state index is 13.6. The zero-order valence-electron chi connectivity index (χ0n) is 17.7. The Morgan fingerprint density at radius 2 is 1.63 bits per heavy atom. The molecule has 2 aromatic rings. The standard InChI is InChI=1S/C27H32N2O/c30-25(28-24-11-13-29(14-12-24)18-20-7-3-1-4-8-20)27-17-22-15-23(27)16-26(22,19-27)21-9-5-2-6-10-21/h1-10,22-24H,11-19H2,(H,28,30). The Labute approximate surface area is 179 Å². The number of carbonyl (C=O) groups excluding carboxylic acids is 1. The van der Waals surface area contributed by atoms with Crippen molar-refractivity contribution in [3.63, 3.8) is 0 Å². The van der Waals surface area contributed by atoms with Gasteiger partial charge in [-0.05, 0) is 66.9 Å². The molecule has 156 valence electrons. The molecule has 5 fully saturated rings. The number of benzene rings is 2. The van der Waals surface area contributed by atoms with Gasteiger partial charge in [0.15, 0.2) is 0 Å². The van der Waals surface area contributed by atoms with Crippen LogP contribution in [0.3, 0.4) is 0 Å². The van der Waals surface area contributed by atoms with Gasteiger partial charge < -0.3 is 5.32 Å². The second kappa shape index (κ2) is 6.95. The van der Waals surface area contributed by atoms with E-state index in [1.165, 1.54) is 24.0 Å². The highest BCUT2D eigenvalue weighted by Crippen LogP contribution is 2.76. The second-order valence-corrected chi connectivity index (χ2v) is 10.4. The van der Waals surface area contributed by atoms with Crippen LogP contribution in [0.1, 0.15) is 49.7 Å². The molecule has 4 bridgehead atoms. The summed E-state index contributed by atoms with van der Waals surface area (Å²) in [5.41, 5.74) is 3.07. The Morgan fingerprint density at radius 3 is 2.30 bits per heavy atom. The van der Waals surface area contributed by atoms with E-state index in [-0.39, 0.29) is 10.8 Å². The van der Waals surface area contributed by atoms with Gasteiger partial charge in [-0.15, -0.1) is 0 Å². The van der Waals surface area contributed by atoms with Crippen LogP contribution in [0.15, 0.2) is 60.7 Å². The van der Waals surface area contributed by atoms with Gasteiger partial charge in [0.25, 0.3) is 0 Å². The van der Waals surface area contributed by atoms with Crippen LogP contribution >= 0.6 is 0 Å². The van der Waals surface area contributed by atoms with Crippen molar-refractivity contribution in [2.45, 2.75) is 56.5 Å². The minimum Gasteiger partial charge on any atom is -0.353 e. The molecule has 0 spiro atoms. The summed E-state index contributed by atoms with van der Waals surface area (Å²) in [7, 11) is 0. The number of nitrogens with one attached hydrogen (secondary N) is 1. The molecule has 1 heterocycles. The molecule has 30 heavy (non-hydrogen) atoms. The van der Waals surface area contributed by atoms with Crippen molar-refractivity contribution in [1.82, 2.24) is 10.2 Å². The molecule has 0 radical (unpaired) electrons. The average Bonchev–Trinajstić information content (AvgIpc) is 3.50. The van der Waals surface area contributed by atoms with Gasteiger partial charge in [-0.25, -0.2) is 0 Å². The Balaban J connectivity index is 1.09. The summed E-state index contributed by atoms with van der Waals surface area (Å²) < 4.78 is 0. The molecule has 1 saturated heterocycles. The number of nitrogens with zero attached hydrogens (tertiary/aromatic N) is 1. The Morgan fingerprint density at radius 1 is 0.933 bits per heavy atom. The van der Waals surface area contributed by atoms with Crippen LogP contribution in [0.2, 0.25) is 0 Å². The van der Waals surface area contributed by atoms with E-state index >= 15 is 0 Å². The van der Waals surface area contributed by atoms with Crippen molar-refractivity contribution in [1.29, 1.82) is 0 Å². The lowest BCUT2D eigenvalue weighted by atomic mass is 9.74. The zero-order valence-corrected chi connectivity index (χ0v) is 17.7. The van der Waals surface area contributed by atoms with E-state index in [0.717, 1.165) is 45.3 Å². The number of rotatable bonds is 5. The first-order chi connectivity index (χ1) is 14.7. The van der Waals surface area contributed by atoms with Gasteiger partial charge in [-0.3, -0.25) is 9.69 Å². The monoisotopic (exact) mass is 400 g/mol. The summed E-state index contributed by atoms with van der Waals surface area (Å²) in [5.74, 6) is 1.69. The minimum absolute atomic E-state index is 0.0817. The highest BCUT2D eigenvalue weighted by Gasteiger charge is 2.73. The van der Waals surface area contributed by atoms with Crippen LogP contribution in [0.4, 0.5) is 0 Å². The smallest absolute Gasteiger partial charge is 0.226 e. The summed E-state index contributed by atoms with van der Waals surface area (Å²) in [6.07, 6.45) is 6.84. The number of hydrogen-bond donors (Lipinski definition) is 1. The number of amides is 1. The Bertz CT molecular complexity index is 920. The molecule has 1 amide bonds. The number of hydrogen-bond acceptors (Lipinski definition) is 2. The van der Waals surface area contributed by atoms with Crippen molar-refractivity contribution in [2.24, 2.45) is 17.3 Å². The molecule has 0 aromatic heterocycles. The molecule has 1 aliphatic heterocycles. The molecule has 4 unspecified atom stereocenters. The molecule has 3 heteroatoms. The van der Waals surface area contributed by atoms with E-state index in [4.69, 9.17) is 0 Å². The number of carbonyl (C=O) groups is 1. The first-order valence-corrected chi connectivity index (χ1v) is 11.8. The molecule has 4 saturated carbocycles. The molecule has 2 aromatic carbocycles. The van der Waals surface area contributed by atoms with Crippen LogP contribution in [0, 0.1) is 17.3 Å². The van der Waals surface area contributed by atoms with Crippen molar-refractivity contribution in [3.05, 3.63) is 71.8 Å². The maximum Gasteiger partial charge on any atom is 0.226 e. The predicted molar refractivity (Wildman–Crippen MR) is 119 cm³/mol. The van der Waals surface area contributed by atoms with E-state index in [2.05, 4.69) is 70.9 Å². The van der Waals surface area contributed by atoms with Crippen LogP contribution in [-0.2, 0) is 16.8 Å². The van der Waals surface area contributed by atoms with Crippen molar-refractivity contribution in [2.75, 3.05) is 13.1 Å². The molecular formula is C27H32N2O.